The minimum atomic E-state index is -0.168. The largest absolute Gasteiger partial charge is 0.361 e. The van der Waals surface area contributed by atoms with Crippen molar-refractivity contribution in [2.24, 2.45) is 0 Å². The summed E-state index contributed by atoms with van der Waals surface area (Å²) in [6.07, 6.45) is 1.39. The summed E-state index contributed by atoms with van der Waals surface area (Å²) in [5, 5.41) is 6.39. The molecule has 0 atom stereocenters. The summed E-state index contributed by atoms with van der Waals surface area (Å²) in [4.78, 5) is 17.8. The highest BCUT2D eigenvalue weighted by Gasteiger charge is 2.32. The fourth-order valence-corrected chi connectivity index (χ4v) is 1.66. The van der Waals surface area contributed by atoms with Crippen molar-refractivity contribution in [2.45, 2.75) is 12.5 Å². The monoisotopic (exact) mass is 258 g/mol. The summed E-state index contributed by atoms with van der Waals surface area (Å²) in [6, 6.07) is 0. The maximum Gasteiger partial charge on any atom is 0.267 e. The van der Waals surface area contributed by atoms with Crippen LogP contribution in [0.1, 0.15) is 6.92 Å². The highest BCUT2D eigenvalue weighted by atomic mass is 79.9. The molecule has 1 aromatic heterocycles. The fourth-order valence-electron chi connectivity index (χ4n) is 1.34. The minimum absolute atomic E-state index is 0.00329. The minimum Gasteiger partial charge on any atom is -0.361 e. The van der Waals surface area contributed by atoms with Gasteiger partial charge < -0.3 is 15.6 Å². The van der Waals surface area contributed by atoms with Crippen molar-refractivity contribution in [3.05, 3.63) is 21.2 Å². The van der Waals surface area contributed by atoms with Gasteiger partial charge in [-0.25, -0.2) is 4.98 Å². The normalized spacial score (nSPS) is 18.7. The van der Waals surface area contributed by atoms with Crippen LogP contribution in [0.15, 0.2) is 15.6 Å². The number of nitrogens with zero attached hydrogens (tertiary/aromatic N) is 1. The van der Waals surface area contributed by atoms with Crippen molar-refractivity contribution < 1.29 is 0 Å². The lowest BCUT2D eigenvalue weighted by molar-refractivity contribution is 0.337. The van der Waals surface area contributed by atoms with E-state index < -0.39 is 0 Å². The molecule has 76 valence electrons. The van der Waals surface area contributed by atoms with E-state index in [-0.39, 0.29) is 11.1 Å². The zero-order valence-corrected chi connectivity index (χ0v) is 9.31. The van der Waals surface area contributed by atoms with Crippen LogP contribution in [0, 0.1) is 0 Å². The number of aromatic amines is 1. The predicted molar refractivity (Wildman–Crippen MR) is 57.5 cm³/mol. The second-order valence-corrected chi connectivity index (χ2v) is 4.48. The van der Waals surface area contributed by atoms with Crippen LogP contribution in [0.4, 0.5) is 5.82 Å². The van der Waals surface area contributed by atoms with Gasteiger partial charge in [0.1, 0.15) is 10.3 Å². The third-order valence-electron chi connectivity index (χ3n) is 2.25. The molecule has 6 heteroatoms. The molecule has 0 saturated carbocycles. The number of aromatic nitrogens is 2. The lowest BCUT2D eigenvalue weighted by Crippen LogP contribution is -2.62. The zero-order valence-electron chi connectivity index (χ0n) is 7.72. The number of hydrogen-bond donors (Lipinski definition) is 3. The van der Waals surface area contributed by atoms with E-state index >= 15 is 0 Å². The first-order valence-electron chi connectivity index (χ1n) is 4.33. The molecule has 5 nitrogen and oxygen atoms in total. The number of H-pyrrole nitrogens is 1. The molecule has 0 unspecified atom stereocenters. The molecule has 2 rings (SSSR count). The summed E-state index contributed by atoms with van der Waals surface area (Å²) < 4.78 is 0.452. The fraction of sp³-hybridized carbons (Fsp3) is 0.500. The molecule has 0 spiro atoms. The van der Waals surface area contributed by atoms with Crippen LogP contribution in [-0.4, -0.2) is 28.6 Å². The van der Waals surface area contributed by atoms with Gasteiger partial charge in [-0.3, -0.25) is 4.79 Å². The molecule has 0 amide bonds. The highest BCUT2D eigenvalue weighted by Crippen LogP contribution is 2.21. The molecule has 0 radical (unpaired) electrons. The van der Waals surface area contributed by atoms with Crippen molar-refractivity contribution in [1.29, 1.82) is 0 Å². The standard InChI is InChI=1S/C8H11BrN4O/c1-8(2-10-3-8)13-6-5(9)7(14)12-4-11-6/h4,10H,2-3H2,1H3,(H2,11,12,13,14). The Balaban J connectivity index is 2.24. The van der Waals surface area contributed by atoms with Gasteiger partial charge in [0.15, 0.2) is 0 Å². The summed E-state index contributed by atoms with van der Waals surface area (Å²) in [5.74, 6) is 0.595. The lowest BCUT2D eigenvalue weighted by atomic mass is 9.95. The van der Waals surface area contributed by atoms with E-state index in [0.717, 1.165) is 13.1 Å². The molecule has 1 saturated heterocycles. The molecule has 1 aromatic rings. The number of nitrogens with one attached hydrogen (secondary N) is 3. The van der Waals surface area contributed by atoms with Gasteiger partial charge in [-0.1, -0.05) is 0 Å². The van der Waals surface area contributed by atoms with E-state index in [2.05, 4.69) is 43.5 Å². The van der Waals surface area contributed by atoms with Gasteiger partial charge in [0.25, 0.3) is 5.56 Å². The van der Waals surface area contributed by atoms with Crippen LogP contribution in [0.5, 0.6) is 0 Å². The summed E-state index contributed by atoms with van der Waals surface area (Å²) in [6.45, 7) is 3.85. The van der Waals surface area contributed by atoms with E-state index in [4.69, 9.17) is 0 Å². The Kier molecular flexibility index (Phi) is 2.32. The van der Waals surface area contributed by atoms with Gasteiger partial charge in [-0.15, -0.1) is 0 Å². The molecule has 1 aliphatic rings. The Morgan fingerprint density at radius 3 is 2.93 bits per heavy atom. The Bertz CT molecular complexity index is 399. The van der Waals surface area contributed by atoms with Crippen LogP contribution in [-0.2, 0) is 0 Å². The van der Waals surface area contributed by atoms with E-state index in [1.54, 1.807) is 0 Å². The molecular formula is C8H11BrN4O. The second kappa shape index (κ2) is 3.36. The molecule has 1 fully saturated rings. The molecule has 0 bridgehead atoms. The van der Waals surface area contributed by atoms with Crippen LogP contribution >= 0.6 is 15.9 Å². The predicted octanol–water partition coefficient (Wildman–Crippen LogP) is 0.306. The van der Waals surface area contributed by atoms with E-state index in [1.807, 2.05) is 0 Å². The zero-order chi connectivity index (χ0) is 10.2. The summed E-state index contributed by atoms with van der Waals surface area (Å²) >= 11 is 3.20. The van der Waals surface area contributed by atoms with E-state index in [9.17, 15) is 4.79 Å². The maximum atomic E-state index is 11.2. The van der Waals surface area contributed by atoms with Gasteiger partial charge in [-0.05, 0) is 22.9 Å². The third kappa shape index (κ3) is 1.67. The van der Waals surface area contributed by atoms with Gasteiger partial charge in [0, 0.05) is 13.1 Å². The molecule has 0 aromatic carbocycles. The van der Waals surface area contributed by atoms with Crippen molar-refractivity contribution >= 4 is 21.7 Å². The smallest absolute Gasteiger partial charge is 0.267 e. The van der Waals surface area contributed by atoms with Crippen LogP contribution in [0.2, 0.25) is 0 Å². The van der Waals surface area contributed by atoms with Crippen LogP contribution in [0.3, 0.4) is 0 Å². The lowest BCUT2D eigenvalue weighted by Gasteiger charge is -2.40. The number of rotatable bonds is 2. The topological polar surface area (TPSA) is 69.8 Å². The Morgan fingerprint density at radius 1 is 1.64 bits per heavy atom. The van der Waals surface area contributed by atoms with E-state index in [0.29, 0.717) is 10.3 Å². The van der Waals surface area contributed by atoms with Crippen molar-refractivity contribution in [3.8, 4) is 0 Å². The average molecular weight is 259 g/mol. The number of anilines is 1. The van der Waals surface area contributed by atoms with E-state index in [1.165, 1.54) is 6.33 Å². The number of halogens is 1. The molecule has 14 heavy (non-hydrogen) atoms. The van der Waals surface area contributed by atoms with Crippen LogP contribution < -0.4 is 16.2 Å². The SMILES string of the molecule is CC1(Nc2nc[nH]c(=O)c2Br)CNC1. The summed E-state index contributed by atoms with van der Waals surface area (Å²) in [5.41, 5.74) is -0.165. The van der Waals surface area contributed by atoms with Crippen molar-refractivity contribution in [1.82, 2.24) is 15.3 Å². The second-order valence-electron chi connectivity index (χ2n) is 3.68. The Labute approximate surface area is 89.5 Å². The van der Waals surface area contributed by atoms with Crippen LogP contribution in [0.25, 0.3) is 0 Å². The quantitative estimate of drug-likeness (QED) is 0.714. The molecule has 1 aliphatic heterocycles. The molecule has 3 N–H and O–H groups in total. The first-order chi connectivity index (χ1) is 6.61. The van der Waals surface area contributed by atoms with Gasteiger partial charge in [-0.2, -0.15) is 0 Å². The molecule has 2 heterocycles. The van der Waals surface area contributed by atoms with Crippen molar-refractivity contribution in [2.75, 3.05) is 18.4 Å². The molecule has 0 aliphatic carbocycles. The highest BCUT2D eigenvalue weighted by molar-refractivity contribution is 9.10. The number of hydrogen-bond acceptors (Lipinski definition) is 4. The Morgan fingerprint density at radius 2 is 2.36 bits per heavy atom. The first-order valence-corrected chi connectivity index (χ1v) is 5.12. The Hall–Kier alpha value is -0.880. The third-order valence-corrected chi connectivity index (χ3v) is 2.98. The van der Waals surface area contributed by atoms with Gasteiger partial charge in [0.05, 0.1) is 11.9 Å². The van der Waals surface area contributed by atoms with Gasteiger partial charge in [0.2, 0.25) is 0 Å². The van der Waals surface area contributed by atoms with Gasteiger partial charge >= 0.3 is 0 Å². The average Bonchev–Trinajstić information content (AvgIpc) is 2.10. The first kappa shape index (κ1) is 9.67. The molecular weight excluding hydrogens is 248 g/mol. The summed E-state index contributed by atoms with van der Waals surface area (Å²) in [7, 11) is 0. The maximum absolute atomic E-state index is 11.2. The van der Waals surface area contributed by atoms with Crippen molar-refractivity contribution in [3.63, 3.8) is 0 Å².